The first-order chi connectivity index (χ1) is 62.9. The largest absolute Gasteiger partial charge is 0.456 e. The molecule has 0 saturated carbocycles. The van der Waals surface area contributed by atoms with Crippen LogP contribution in [0.4, 0.5) is 0 Å². The Kier molecular flexibility index (Phi) is 17.2. The maximum Gasteiger partial charge on any atom is 0.136 e. The van der Waals surface area contributed by atoms with Crippen LogP contribution in [0.3, 0.4) is 0 Å². The summed E-state index contributed by atoms with van der Waals surface area (Å²) in [5.74, 6) is 0. The van der Waals surface area contributed by atoms with Gasteiger partial charge in [0.2, 0.25) is 0 Å². The van der Waals surface area contributed by atoms with E-state index in [4.69, 9.17) is 34.3 Å². The van der Waals surface area contributed by atoms with E-state index in [1.807, 2.05) is 103 Å². The first kappa shape index (κ1) is 72.8. The Balaban J connectivity index is 0.000000104. The van der Waals surface area contributed by atoms with Crippen LogP contribution in [0.1, 0.15) is 0 Å². The molecule has 7 heteroatoms. The third-order valence-electron chi connectivity index (χ3n) is 25.7. The van der Waals surface area contributed by atoms with Crippen molar-refractivity contribution in [3.63, 3.8) is 0 Å². The van der Waals surface area contributed by atoms with Crippen LogP contribution in [0.25, 0.3) is 263 Å². The van der Waals surface area contributed by atoms with Gasteiger partial charge in [-0.2, -0.15) is 0 Å². The minimum atomic E-state index is 0.845. The number of para-hydroxylation sites is 7. The molecule has 588 valence electrons. The second-order valence-electron chi connectivity index (χ2n) is 32.9. The molecule has 0 aliphatic heterocycles. The molecule has 0 spiro atoms. The van der Waals surface area contributed by atoms with Gasteiger partial charge in [0.05, 0.1) is 67.3 Å². The summed E-state index contributed by atoms with van der Waals surface area (Å²) in [6.07, 6.45) is 0. The fraction of sp³-hybridized carbons (Fsp3) is 0. The molecule has 0 amide bonds. The number of hydrogen-bond donors (Lipinski definition) is 0. The smallest absolute Gasteiger partial charge is 0.136 e. The standard InChI is InChI=1S/C42H24N2O.C42H26N2.C36H22N2/c1-2-10-27-25(9-1)19-24-31-28(27)22-20-26-21-23-29-30(39(26)31)12-7-13-32(29)41-42(44-36-16-5-4-15-35(36)43-41)34-14-8-18-38-40(34)33-11-3-6-17-37(33)45-38;1-2-9-27(10-3-1)31-12-8-13-32(25-31)41-42(44-39-16-7-6-15-38(39)43-41)33-20-18-29-17-19-30-22-23-35-34-14-5-4-11-28(34)21-24-36(35)40(30)37(29)26-33;1-2-9-26(10-3-1)35-36(38-33-13-7-6-12-32(33)37-35)27-17-15-24-14-16-25-19-20-29-28-11-5-4-8-23(28)18-21-30(29)34(25)31(24)22-27/h1-24H;1-26H;1-22H. The maximum absolute atomic E-state index is 6.29. The van der Waals surface area contributed by atoms with E-state index < -0.39 is 0 Å². The number of nitrogens with zero attached hydrogens (tertiary/aromatic N) is 6. The van der Waals surface area contributed by atoms with Gasteiger partial charge in [-0.15, -0.1) is 0 Å². The zero-order valence-electron chi connectivity index (χ0n) is 68.7. The monoisotopic (exact) mass is 1610 g/mol. The molecule has 27 aromatic rings. The predicted molar refractivity (Wildman–Crippen MR) is 534 cm³/mol. The highest BCUT2D eigenvalue weighted by atomic mass is 16.3. The van der Waals surface area contributed by atoms with Crippen molar-refractivity contribution in [1.82, 2.24) is 29.9 Å². The van der Waals surface area contributed by atoms with Gasteiger partial charge in [-0.25, -0.2) is 29.9 Å². The van der Waals surface area contributed by atoms with Gasteiger partial charge in [0.1, 0.15) is 11.2 Å². The van der Waals surface area contributed by atoms with Gasteiger partial charge in [0.15, 0.2) is 0 Å². The van der Waals surface area contributed by atoms with E-state index in [2.05, 4.69) is 334 Å². The van der Waals surface area contributed by atoms with Gasteiger partial charge < -0.3 is 4.42 Å². The molecule has 0 unspecified atom stereocenters. The van der Waals surface area contributed by atoms with Crippen molar-refractivity contribution < 1.29 is 4.42 Å². The third-order valence-corrected chi connectivity index (χ3v) is 25.7. The Morgan fingerprint density at radius 1 is 0.134 bits per heavy atom. The van der Waals surface area contributed by atoms with E-state index in [0.717, 1.165) is 134 Å². The quantitative estimate of drug-likeness (QED) is 0.147. The minimum absolute atomic E-state index is 0.845. The number of fused-ring (bicyclic) bond motifs is 27. The fourth-order valence-electron chi connectivity index (χ4n) is 19.7. The lowest BCUT2D eigenvalue weighted by molar-refractivity contribution is 0.669. The van der Waals surface area contributed by atoms with Crippen LogP contribution < -0.4 is 0 Å². The Hall–Kier alpha value is -17.0. The normalized spacial score (nSPS) is 11.8. The van der Waals surface area contributed by atoms with Gasteiger partial charge in [-0.1, -0.05) is 370 Å². The van der Waals surface area contributed by atoms with Crippen LogP contribution in [0.15, 0.2) is 441 Å². The van der Waals surface area contributed by atoms with Crippen molar-refractivity contribution in [2.45, 2.75) is 0 Å². The first-order valence-corrected chi connectivity index (χ1v) is 43.2. The van der Waals surface area contributed by atoms with Crippen LogP contribution in [-0.2, 0) is 0 Å². The molecule has 127 heavy (non-hydrogen) atoms. The van der Waals surface area contributed by atoms with Crippen molar-refractivity contribution in [2.24, 2.45) is 0 Å². The van der Waals surface area contributed by atoms with Crippen LogP contribution >= 0.6 is 0 Å². The molecule has 0 fully saturated rings. The summed E-state index contributed by atoms with van der Waals surface area (Å²) in [4.78, 5) is 31.3. The lowest BCUT2D eigenvalue weighted by Crippen LogP contribution is -1.97. The van der Waals surface area contributed by atoms with Crippen molar-refractivity contribution in [2.75, 3.05) is 0 Å². The lowest BCUT2D eigenvalue weighted by Gasteiger charge is -2.15. The number of aromatic nitrogens is 6. The molecule has 0 radical (unpaired) electrons. The molecule has 4 heterocycles. The SMILES string of the molecule is c1ccc(-c2cccc(-c3nc4ccccc4nc3-c3ccc4ccc5ccc6c7ccccc7ccc6c5c4c3)c2)cc1.c1ccc(-c2nc3ccccc3nc2-c2ccc3ccc4ccc5c6ccccc6ccc5c4c3c2)cc1.c1ccc2c(c1)ccc1c2ccc2ccc3c(-c4nc5ccccc5nc4-c4cccc5oc6ccccc6c45)cccc3c21. The van der Waals surface area contributed by atoms with Crippen LogP contribution in [0, 0.1) is 0 Å². The third kappa shape index (κ3) is 12.4. The Morgan fingerprint density at radius 3 is 0.921 bits per heavy atom. The zero-order chi connectivity index (χ0) is 83.6. The summed E-state index contributed by atoms with van der Waals surface area (Å²) in [5, 5.41) is 32.1. The van der Waals surface area contributed by atoms with Gasteiger partial charge in [-0.3, -0.25) is 0 Å². The van der Waals surface area contributed by atoms with Crippen molar-refractivity contribution in [1.29, 1.82) is 0 Å². The summed E-state index contributed by atoms with van der Waals surface area (Å²) in [5.41, 5.74) is 21.0. The lowest BCUT2D eigenvalue weighted by atomic mass is 9.91. The second-order valence-corrected chi connectivity index (χ2v) is 32.9. The van der Waals surface area contributed by atoms with Gasteiger partial charge >= 0.3 is 0 Å². The molecule has 0 bridgehead atoms. The van der Waals surface area contributed by atoms with E-state index in [1.165, 1.54) is 129 Å². The molecular formula is C120H72N6O. The zero-order valence-corrected chi connectivity index (χ0v) is 68.7. The summed E-state index contributed by atoms with van der Waals surface area (Å²) in [6.45, 7) is 0. The average molecular weight is 1610 g/mol. The van der Waals surface area contributed by atoms with Crippen LogP contribution in [0.2, 0.25) is 0 Å². The molecule has 0 N–H and O–H groups in total. The first-order valence-electron chi connectivity index (χ1n) is 43.2. The van der Waals surface area contributed by atoms with E-state index >= 15 is 0 Å². The molecule has 0 atom stereocenters. The summed E-state index contributed by atoms with van der Waals surface area (Å²) < 4.78 is 6.29. The second kappa shape index (κ2) is 30.0. The van der Waals surface area contributed by atoms with Crippen LogP contribution in [-0.4, -0.2) is 29.9 Å². The minimum Gasteiger partial charge on any atom is -0.456 e. The Morgan fingerprint density at radius 2 is 0.425 bits per heavy atom. The summed E-state index contributed by atoms with van der Waals surface area (Å²) in [7, 11) is 0. The van der Waals surface area contributed by atoms with E-state index in [-0.39, 0.29) is 0 Å². The number of rotatable bonds is 7. The molecule has 0 aliphatic rings. The highest BCUT2D eigenvalue weighted by Crippen LogP contribution is 2.47. The van der Waals surface area contributed by atoms with Crippen molar-refractivity contribution >= 4 is 184 Å². The van der Waals surface area contributed by atoms with Gasteiger partial charge in [0.25, 0.3) is 0 Å². The molecular weight excluding hydrogens is 1540 g/mol. The highest BCUT2D eigenvalue weighted by Gasteiger charge is 2.24. The van der Waals surface area contributed by atoms with Gasteiger partial charge in [-0.05, 0) is 207 Å². The topological polar surface area (TPSA) is 90.5 Å². The van der Waals surface area contributed by atoms with Crippen LogP contribution in [0.5, 0.6) is 0 Å². The van der Waals surface area contributed by atoms with Gasteiger partial charge in [0, 0.05) is 44.2 Å². The summed E-state index contributed by atoms with van der Waals surface area (Å²) in [6, 6.07) is 155. The molecule has 23 aromatic carbocycles. The number of benzene rings is 23. The molecule has 0 saturated heterocycles. The van der Waals surface area contributed by atoms with E-state index in [0.29, 0.717) is 0 Å². The van der Waals surface area contributed by atoms with E-state index in [1.54, 1.807) is 0 Å². The maximum atomic E-state index is 6.29. The van der Waals surface area contributed by atoms with Crippen molar-refractivity contribution in [3.05, 3.63) is 437 Å². The van der Waals surface area contributed by atoms with Crippen molar-refractivity contribution in [3.8, 4) is 78.7 Å². The predicted octanol–water partition coefficient (Wildman–Crippen LogP) is 32.3. The number of hydrogen-bond acceptors (Lipinski definition) is 7. The molecule has 7 nitrogen and oxygen atoms in total. The fourth-order valence-corrected chi connectivity index (χ4v) is 19.7. The van der Waals surface area contributed by atoms with E-state index in [9.17, 15) is 0 Å². The molecule has 0 aliphatic carbocycles. The summed E-state index contributed by atoms with van der Waals surface area (Å²) >= 11 is 0. The molecule has 27 rings (SSSR count). The highest BCUT2D eigenvalue weighted by molar-refractivity contribution is 6.29. The average Bonchev–Trinajstić information content (AvgIpc) is 1.08. The molecule has 4 aromatic heterocycles. The Labute approximate surface area is 729 Å². The number of furan rings is 1. The Bertz CT molecular complexity index is 9250.